The minimum atomic E-state index is -0.672. The third kappa shape index (κ3) is 3.84. The molecule has 0 saturated carbocycles. The highest BCUT2D eigenvalue weighted by atomic mass is 16.5. The number of hydrogen-bond donors (Lipinski definition) is 0. The summed E-state index contributed by atoms with van der Waals surface area (Å²) in [4.78, 5) is 13.3. The standard InChI is InChI=1S/C14H14N2O2/c1-3-10-16(11-9-15)14(17)12(2)18-13-7-5-4-6-8-13/h1,4-8,12H,10-11H2,2H3. The van der Waals surface area contributed by atoms with Gasteiger partial charge in [-0.1, -0.05) is 24.1 Å². The summed E-state index contributed by atoms with van der Waals surface area (Å²) in [5.74, 6) is 2.66. The van der Waals surface area contributed by atoms with E-state index in [4.69, 9.17) is 16.4 Å². The van der Waals surface area contributed by atoms with Crippen LogP contribution in [0.5, 0.6) is 5.75 Å². The molecule has 1 amide bonds. The summed E-state index contributed by atoms with van der Waals surface area (Å²) in [5.41, 5.74) is 0. The lowest BCUT2D eigenvalue weighted by molar-refractivity contribution is -0.136. The Morgan fingerprint density at radius 1 is 1.44 bits per heavy atom. The van der Waals surface area contributed by atoms with Gasteiger partial charge in [0.15, 0.2) is 6.10 Å². The highest BCUT2D eigenvalue weighted by molar-refractivity contribution is 5.81. The molecule has 0 heterocycles. The van der Waals surface area contributed by atoms with E-state index in [1.807, 2.05) is 24.3 Å². The molecule has 0 radical (unpaired) electrons. The molecule has 0 fully saturated rings. The first-order valence-corrected chi connectivity index (χ1v) is 5.50. The first-order chi connectivity index (χ1) is 8.69. The molecule has 0 aliphatic heterocycles. The second-order valence-corrected chi connectivity index (χ2v) is 3.63. The highest BCUT2D eigenvalue weighted by Gasteiger charge is 2.21. The quantitative estimate of drug-likeness (QED) is 0.580. The molecule has 1 rings (SSSR count). The van der Waals surface area contributed by atoms with E-state index in [-0.39, 0.29) is 19.0 Å². The van der Waals surface area contributed by atoms with Gasteiger partial charge < -0.3 is 9.64 Å². The molecule has 4 heteroatoms. The average Bonchev–Trinajstić information content (AvgIpc) is 2.39. The molecule has 92 valence electrons. The van der Waals surface area contributed by atoms with Crippen LogP contribution in [0.1, 0.15) is 6.92 Å². The molecule has 1 aromatic carbocycles. The molecule has 0 N–H and O–H groups in total. The lowest BCUT2D eigenvalue weighted by Crippen LogP contribution is -2.40. The molecular formula is C14H14N2O2. The maximum Gasteiger partial charge on any atom is 0.264 e. The number of rotatable bonds is 5. The van der Waals surface area contributed by atoms with Crippen molar-refractivity contribution < 1.29 is 9.53 Å². The Balaban J connectivity index is 2.65. The topological polar surface area (TPSA) is 53.3 Å². The largest absolute Gasteiger partial charge is 0.481 e. The van der Waals surface area contributed by atoms with Crippen LogP contribution < -0.4 is 4.74 Å². The number of nitrogens with zero attached hydrogens (tertiary/aromatic N) is 2. The van der Waals surface area contributed by atoms with Crippen LogP contribution in [0.25, 0.3) is 0 Å². The normalized spacial score (nSPS) is 10.8. The Labute approximate surface area is 107 Å². The van der Waals surface area contributed by atoms with Crippen molar-refractivity contribution in [3.8, 4) is 24.2 Å². The Kier molecular flexibility index (Phi) is 5.28. The van der Waals surface area contributed by atoms with Crippen molar-refractivity contribution in [2.45, 2.75) is 13.0 Å². The SMILES string of the molecule is C#CCN(CC#N)C(=O)C(C)Oc1ccccc1. The monoisotopic (exact) mass is 242 g/mol. The van der Waals surface area contributed by atoms with Crippen LogP contribution in [0.4, 0.5) is 0 Å². The molecule has 4 nitrogen and oxygen atoms in total. The summed E-state index contributed by atoms with van der Waals surface area (Å²) in [6, 6.07) is 10.9. The third-order valence-electron chi connectivity index (χ3n) is 2.26. The molecule has 18 heavy (non-hydrogen) atoms. The van der Waals surface area contributed by atoms with Crippen LogP contribution >= 0.6 is 0 Å². The van der Waals surface area contributed by atoms with Crippen LogP contribution in [0, 0.1) is 23.7 Å². The zero-order valence-corrected chi connectivity index (χ0v) is 10.2. The zero-order chi connectivity index (χ0) is 13.4. The van der Waals surface area contributed by atoms with E-state index in [9.17, 15) is 4.79 Å². The maximum absolute atomic E-state index is 12.0. The number of carbonyl (C=O) groups excluding carboxylic acids is 1. The number of ether oxygens (including phenoxy) is 1. The first kappa shape index (κ1) is 13.6. The van der Waals surface area contributed by atoms with Gasteiger partial charge in [-0.25, -0.2) is 0 Å². The molecule has 0 aliphatic carbocycles. The average molecular weight is 242 g/mol. The summed E-state index contributed by atoms with van der Waals surface area (Å²) >= 11 is 0. The number of carbonyl (C=O) groups is 1. The number of nitriles is 1. The summed E-state index contributed by atoms with van der Waals surface area (Å²) < 4.78 is 5.48. The van der Waals surface area contributed by atoms with Crippen LogP contribution in [0.3, 0.4) is 0 Å². The first-order valence-electron chi connectivity index (χ1n) is 5.50. The van der Waals surface area contributed by atoms with Gasteiger partial charge in [0.05, 0.1) is 12.6 Å². The fraction of sp³-hybridized carbons (Fsp3) is 0.286. The van der Waals surface area contributed by atoms with E-state index in [2.05, 4.69) is 5.92 Å². The van der Waals surface area contributed by atoms with Gasteiger partial charge in [-0.2, -0.15) is 5.26 Å². The van der Waals surface area contributed by atoms with Gasteiger partial charge in [-0.05, 0) is 19.1 Å². The van der Waals surface area contributed by atoms with Crippen LogP contribution in [0.2, 0.25) is 0 Å². The van der Waals surface area contributed by atoms with Crippen molar-refractivity contribution in [2.75, 3.05) is 13.1 Å². The predicted molar refractivity (Wildman–Crippen MR) is 67.6 cm³/mol. The summed E-state index contributed by atoms with van der Waals surface area (Å²) in [6.07, 6.45) is 4.48. The molecule has 0 spiro atoms. The minimum Gasteiger partial charge on any atom is -0.481 e. The summed E-state index contributed by atoms with van der Waals surface area (Å²) in [6.45, 7) is 1.70. The van der Waals surface area contributed by atoms with E-state index in [0.29, 0.717) is 5.75 Å². The fourth-order valence-electron chi connectivity index (χ4n) is 1.42. The van der Waals surface area contributed by atoms with Gasteiger partial charge in [-0.15, -0.1) is 6.42 Å². The molecule has 1 aromatic rings. The van der Waals surface area contributed by atoms with Gasteiger partial charge >= 0.3 is 0 Å². The summed E-state index contributed by atoms with van der Waals surface area (Å²) in [5, 5.41) is 8.63. The van der Waals surface area contributed by atoms with Crippen molar-refractivity contribution in [3.63, 3.8) is 0 Å². The smallest absolute Gasteiger partial charge is 0.264 e. The Bertz CT molecular complexity index is 455. The Morgan fingerprint density at radius 3 is 2.67 bits per heavy atom. The number of amides is 1. The zero-order valence-electron chi connectivity index (χ0n) is 10.2. The second-order valence-electron chi connectivity index (χ2n) is 3.63. The van der Waals surface area contributed by atoms with E-state index < -0.39 is 6.10 Å². The van der Waals surface area contributed by atoms with E-state index >= 15 is 0 Å². The van der Waals surface area contributed by atoms with Gasteiger partial charge in [0.1, 0.15) is 12.3 Å². The molecule has 0 saturated heterocycles. The van der Waals surface area contributed by atoms with E-state index in [1.54, 1.807) is 19.1 Å². The lowest BCUT2D eigenvalue weighted by Gasteiger charge is -2.21. The molecule has 0 bridgehead atoms. The number of para-hydroxylation sites is 1. The molecule has 0 aliphatic rings. The highest BCUT2D eigenvalue weighted by Crippen LogP contribution is 2.11. The van der Waals surface area contributed by atoms with E-state index in [0.717, 1.165) is 0 Å². The van der Waals surface area contributed by atoms with Crippen LogP contribution in [-0.4, -0.2) is 30.0 Å². The van der Waals surface area contributed by atoms with Crippen molar-refractivity contribution in [2.24, 2.45) is 0 Å². The molecule has 1 unspecified atom stereocenters. The summed E-state index contributed by atoms with van der Waals surface area (Å²) in [7, 11) is 0. The van der Waals surface area contributed by atoms with Crippen molar-refractivity contribution >= 4 is 5.91 Å². The van der Waals surface area contributed by atoms with E-state index in [1.165, 1.54) is 4.90 Å². The number of terminal acetylenes is 1. The molecule has 1 atom stereocenters. The minimum absolute atomic E-state index is 0.0362. The van der Waals surface area contributed by atoms with Gasteiger partial charge in [0, 0.05) is 0 Å². The van der Waals surface area contributed by atoms with Crippen LogP contribution in [-0.2, 0) is 4.79 Å². The fourth-order valence-corrected chi connectivity index (χ4v) is 1.42. The van der Waals surface area contributed by atoms with Crippen LogP contribution in [0.15, 0.2) is 30.3 Å². The van der Waals surface area contributed by atoms with Crippen molar-refractivity contribution in [1.29, 1.82) is 5.26 Å². The Morgan fingerprint density at radius 2 is 2.11 bits per heavy atom. The second kappa shape index (κ2) is 6.98. The van der Waals surface area contributed by atoms with Gasteiger partial charge in [0.2, 0.25) is 0 Å². The third-order valence-corrected chi connectivity index (χ3v) is 2.26. The van der Waals surface area contributed by atoms with Crippen molar-refractivity contribution in [3.05, 3.63) is 30.3 Å². The molecule has 0 aromatic heterocycles. The maximum atomic E-state index is 12.0. The van der Waals surface area contributed by atoms with Gasteiger partial charge in [-0.3, -0.25) is 4.79 Å². The molecular weight excluding hydrogens is 228 g/mol. The number of benzene rings is 1. The predicted octanol–water partition coefficient (Wildman–Crippen LogP) is 1.44. The lowest BCUT2D eigenvalue weighted by atomic mass is 10.3. The Hall–Kier alpha value is -2.46. The number of hydrogen-bond acceptors (Lipinski definition) is 3. The van der Waals surface area contributed by atoms with Crippen molar-refractivity contribution in [1.82, 2.24) is 4.90 Å². The van der Waals surface area contributed by atoms with Gasteiger partial charge in [0.25, 0.3) is 5.91 Å².